The Morgan fingerprint density at radius 3 is 2.31 bits per heavy atom. The highest BCUT2D eigenvalue weighted by Crippen LogP contribution is 2.31. The molecular formula is C14H23NO. The quantitative estimate of drug-likeness (QED) is 0.773. The standard InChI is InChI=1S/C14H23NO/c1-12(2)11-14(15-3,9-10-16)13-7-5-4-6-8-13/h4-8,12,15-16H,9-11H2,1-3H3. The van der Waals surface area contributed by atoms with Crippen LogP contribution in [0.3, 0.4) is 0 Å². The SMILES string of the molecule is CNC(CCO)(CC(C)C)c1ccccc1. The van der Waals surface area contributed by atoms with Gasteiger partial charge in [0.2, 0.25) is 0 Å². The van der Waals surface area contributed by atoms with E-state index in [1.54, 1.807) is 0 Å². The van der Waals surface area contributed by atoms with Gasteiger partial charge in [-0.15, -0.1) is 0 Å². The van der Waals surface area contributed by atoms with Crippen LogP contribution in [0.1, 0.15) is 32.3 Å². The monoisotopic (exact) mass is 221 g/mol. The molecule has 1 atom stereocenters. The lowest BCUT2D eigenvalue weighted by molar-refractivity contribution is 0.193. The maximum atomic E-state index is 9.27. The summed E-state index contributed by atoms with van der Waals surface area (Å²) in [5.41, 5.74) is 1.17. The van der Waals surface area contributed by atoms with Gasteiger partial charge < -0.3 is 10.4 Å². The van der Waals surface area contributed by atoms with Crippen LogP contribution in [0.4, 0.5) is 0 Å². The zero-order valence-electron chi connectivity index (χ0n) is 10.5. The summed E-state index contributed by atoms with van der Waals surface area (Å²) in [6.07, 6.45) is 1.79. The molecule has 2 N–H and O–H groups in total. The lowest BCUT2D eigenvalue weighted by Crippen LogP contribution is -2.42. The lowest BCUT2D eigenvalue weighted by atomic mass is 9.80. The number of aliphatic hydroxyl groups is 1. The highest BCUT2D eigenvalue weighted by atomic mass is 16.3. The Kier molecular flexibility index (Phi) is 4.97. The van der Waals surface area contributed by atoms with Crippen molar-refractivity contribution in [3.8, 4) is 0 Å². The molecule has 0 spiro atoms. The zero-order chi connectivity index (χ0) is 12.0. The Balaban J connectivity index is 3.01. The van der Waals surface area contributed by atoms with Crippen molar-refractivity contribution in [3.63, 3.8) is 0 Å². The highest BCUT2D eigenvalue weighted by Gasteiger charge is 2.30. The van der Waals surface area contributed by atoms with Gasteiger partial charge in [-0.1, -0.05) is 44.2 Å². The van der Waals surface area contributed by atoms with Crippen molar-refractivity contribution < 1.29 is 5.11 Å². The first kappa shape index (κ1) is 13.2. The van der Waals surface area contributed by atoms with E-state index in [0.717, 1.165) is 12.8 Å². The summed E-state index contributed by atoms with van der Waals surface area (Å²) in [6.45, 7) is 4.64. The molecule has 16 heavy (non-hydrogen) atoms. The second-order valence-electron chi connectivity index (χ2n) is 4.77. The molecule has 1 unspecified atom stereocenters. The number of hydrogen-bond acceptors (Lipinski definition) is 2. The van der Waals surface area contributed by atoms with Crippen LogP contribution in [-0.2, 0) is 5.54 Å². The molecule has 0 aromatic heterocycles. The second kappa shape index (κ2) is 6.02. The van der Waals surface area contributed by atoms with E-state index in [2.05, 4.69) is 43.4 Å². The van der Waals surface area contributed by atoms with E-state index in [1.807, 2.05) is 13.1 Å². The fraction of sp³-hybridized carbons (Fsp3) is 0.571. The number of hydrogen-bond donors (Lipinski definition) is 2. The smallest absolute Gasteiger partial charge is 0.0456 e. The molecule has 2 heteroatoms. The fourth-order valence-electron chi connectivity index (χ4n) is 2.38. The molecule has 1 aromatic rings. The first-order valence-corrected chi connectivity index (χ1v) is 6.00. The van der Waals surface area contributed by atoms with E-state index in [0.29, 0.717) is 5.92 Å². The third-order valence-electron chi connectivity index (χ3n) is 3.10. The molecule has 0 saturated heterocycles. The second-order valence-corrected chi connectivity index (χ2v) is 4.77. The molecule has 0 amide bonds. The summed E-state index contributed by atoms with van der Waals surface area (Å²) in [5, 5.41) is 12.7. The normalized spacial score (nSPS) is 15.1. The molecule has 0 aliphatic heterocycles. The van der Waals surface area contributed by atoms with Crippen molar-refractivity contribution in [3.05, 3.63) is 35.9 Å². The Bertz CT molecular complexity index is 297. The van der Waals surface area contributed by atoms with E-state index >= 15 is 0 Å². The minimum atomic E-state index is -0.0931. The van der Waals surface area contributed by atoms with Crippen molar-refractivity contribution >= 4 is 0 Å². The molecular weight excluding hydrogens is 198 g/mol. The molecule has 2 nitrogen and oxygen atoms in total. The molecule has 0 radical (unpaired) electrons. The largest absolute Gasteiger partial charge is 0.396 e. The van der Waals surface area contributed by atoms with Gasteiger partial charge in [0.15, 0.2) is 0 Å². The van der Waals surface area contributed by atoms with Crippen molar-refractivity contribution in [2.45, 2.75) is 32.2 Å². The number of rotatable bonds is 6. The Hall–Kier alpha value is -0.860. The summed E-state index contributed by atoms with van der Waals surface area (Å²) in [7, 11) is 1.98. The average Bonchev–Trinajstić information content (AvgIpc) is 2.29. The van der Waals surface area contributed by atoms with Gasteiger partial charge in [0, 0.05) is 12.1 Å². The van der Waals surface area contributed by atoms with Gasteiger partial charge in [-0.2, -0.15) is 0 Å². The maximum Gasteiger partial charge on any atom is 0.0456 e. The summed E-state index contributed by atoms with van der Waals surface area (Å²) in [6, 6.07) is 10.4. The zero-order valence-corrected chi connectivity index (χ0v) is 10.5. The lowest BCUT2D eigenvalue weighted by Gasteiger charge is -2.35. The van der Waals surface area contributed by atoms with Crippen LogP contribution >= 0.6 is 0 Å². The van der Waals surface area contributed by atoms with Crippen LogP contribution in [-0.4, -0.2) is 18.8 Å². The van der Waals surface area contributed by atoms with Crippen LogP contribution in [0.5, 0.6) is 0 Å². The van der Waals surface area contributed by atoms with Crippen LogP contribution in [0, 0.1) is 5.92 Å². The fourth-order valence-corrected chi connectivity index (χ4v) is 2.38. The maximum absolute atomic E-state index is 9.27. The van der Waals surface area contributed by atoms with Gasteiger partial charge in [-0.3, -0.25) is 0 Å². The molecule has 0 saturated carbocycles. The van der Waals surface area contributed by atoms with Gasteiger partial charge >= 0.3 is 0 Å². The predicted molar refractivity (Wildman–Crippen MR) is 68.3 cm³/mol. The third-order valence-corrected chi connectivity index (χ3v) is 3.10. The third kappa shape index (κ3) is 3.06. The molecule has 0 bridgehead atoms. The van der Waals surface area contributed by atoms with Gasteiger partial charge in [-0.25, -0.2) is 0 Å². The Morgan fingerprint density at radius 1 is 1.25 bits per heavy atom. The van der Waals surface area contributed by atoms with Gasteiger partial charge in [0.05, 0.1) is 0 Å². The molecule has 0 aliphatic carbocycles. The number of aliphatic hydroxyl groups excluding tert-OH is 1. The van der Waals surface area contributed by atoms with Crippen molar-refractivity contribution in [1.29, 1.82) is 0 Å². The van der Waals surface area contributed by atoms with Gasteiger partial charge in [0.25, 0.3) is 0 Å². The van der Waals surface area contributed by atoms with E-state index < -0.39 is 0 Å². The van der Waals surface area contributed by atoms with E-state index in [-0.39, 0.29) is 12.1 Å². The predicted octanol–water partition coefficient (Wildman–Crippen LogP) is 2.53. The minimum Gasteiger partial charge on any atom is -0.396 e. The van der Waals surface area contributed by atoms with E-state index in [9.17, 15) is 5.11 Å². The van der Waals surface area contributed by atoms with Crippen LogP contribution in [0.2, 0.25) is 0 Å². The molecule has 0 heterocycles. The van der Waals surface area contributed by atoms with Gasteiger partial charge in [-0.05, 0) is 31.4 Å². The first-order valence-electron chi connectivity index (χ1n) is 6.00. The van der Waals surface area contributed by atoms with Crippen LogP contribution < -0.4 is 5.32 Å². The summed E-state index contributed by atoms with van der Waals surface area (Å²) >= 11 is 0. The number of benzene rings is 1. The van der Waals surface area contributed by atoms with Crippen molar-refractivity contribution in [2.75, 3.05) is 13.7 Å². The average molecular weight is 221 g/mol. The molecule has 90 valence electrons. The molecule has 1 rings (SSSR count). The van der Waals surface area contributed by atoms with Crippen molar-refractivity contribution in [2.24, 2.45) is 5.92 Å². The van der Waals surface area contributed by atoms with Crippen molar-refractivity contribution in [1.82, 2.24) is 5.32 Å². The first-order chi connectivity index (χ1) is 7.64. The van der Waals surface area contributed by atoms with Crippen LogP contribution in [0.15, 0.2) is 30.3 Å². The summed E-state index contributed by atoms with van der Waals surface area (Å²) < 4.78 is 0. The topological polar surface area (TPSA) is 32.3 Å². The Morgan fingerprint density at radius 2 is 1.88 bits per heavy atom. The van der Waals surface area contributed by atoms with E-state index in [1.165, 1.54) is 5.56 Å². The molecule has 0 fully saturated rings. The molecule has 1 aromatic carbocycles. The van der Waals surface area contributed by atoms with E-state index in [4.69, 9.17) is 0 Å². The summed E-state index contributed by atoms with van der Waals surface area (Å²) in [5.74, 6) is 0.596. The highest BCUT2D eigenvalue weighted by molar-refractivity contribution is 5.24. The Labute approximate surface area is 98.7 Å². The number of nitrogens with one attached hydrogen (secondary N) is 1. The van der Waals surface area contributed by atoms with Gasteiger partial charge in [0.1, 0.15) is 0 Å². The molecule has 0 aliphatic rings. The van der Waals surface area contributed by atoms with Crippen LogP contribution in [0.25, 0.3) is 0 Å². The minimum absolute atomic E-state index is 0.0931. The summed E-state index contributed by atoms with van der Waals surface area (Å²) in [4.78, 5) is 0.